The molecule has 23 heteroatoms. The monoisotopic (exact) mass is 1060 g/mol. The second kappa shape index (κ2) is 23.4. The van der Waals surface area contributed by atoms with Crippen LogP contribution in [-0.2, 0) is 47.5 Å². The molecule has 3 amide bonds. The number of pyridine rings is 1. The number of aromatic nitrogens is 4. The lowest BCUT2D eigenvalue weighted by Gasteiger charge is -2.35. The number of aryl methyl sites for hydroxylation is 2. The largest absolute Gasteiger partial charge is 0.484 e. The van der Waals surface area contributed by atoms with Crippen molar-refractivity contribution in [2.24, 2.45) is 12.5 Å². The van der Waals surface area contributed by atoms with Gasteiger partial charge in [-0.1, -0.05) is 75.1 Å². The number of alkyl halides is 2. The normalized spacial score (nSPS) is 15.6. The van der Waals surface area contributed by atoms with E-state index in [0.29, 0.717) is 33.3 Å². The van der Waals surface area contributed by atoms with Crippen molar-refractivity contribution in [2.45, 2.75) is 77.6 Å². The highest BCUT2D eigenvalue weighted by Crippen LogP contribution is 2.39. The molecule has 1 fully saturated rings. The molecule has 0 saturated carbocycles. The first kappa shape index (κ1) is 54.7. The Kier molecular flexibility index (Phi) is 17.3. The van der Waals surface area contributed by atoms with Crippen LogP contribution in [0.4, 0.5) is 24.7 Å². The molecule has 6 N–H and O–H groups in total. The van der Waals surface area contributed by atoms with Gasteiger partial charge in [-0.3, -0.25) is 23.8 Å². The van der Waals surface area contributed by atoms with E-state index < -0.39 is 75.6 Å². The number of fused-ring (bicyclic) bond motifs is 1. The van der Waals surface area contributed by atoms with E-state index in [1.807, 2.05) is 35.9 Å². The molecule has 18 nitrogen and oxygen atoms in total. The Labute approximate surface area is 429 Å². The predicted octanol–water partition coefficient (Wildman–Crippen LogP) is 6.09. The van der Waals surface area contributed by atoms with E-state index in [4.69, 9.17) is 19.9 Å². The molecule has 74 heavy (non-hydrogen) atoms. The van der Waals surface area contributed by atoms with Crippen LogP contribution in [0.3, 0.4) is 0 Å². The number of β-amino-alcohol motifs (C(OH)–C–C–N with tert-alkyl or cyclic N) is 1. The third kappa shape index (κ3) is 13.2. The van der Waals surface area contributed by atoms with E-state index in [1.54, 1.807) is 51.6 Å². The van der Waals surface area contributed by atoms with Crippen molar-refractivity contribution in [3.63, 3.8) is 0 Å². The first-order valence-electron chi connectivity index (χ1n) is 23.3. The van der Waals surface area contributed by atoms with Gasteiger partial charge in [-0.15, -0.1) is 11.3 Å². The molecule has 3 aromatic heterocycles. The van der Waals surface area contributed by atoms with E-state index in [1.165, 1.54) is 58.2 Å². The Morgan fingerprint density at radius 1 is 1.01 bits per heavy atom. The lowest BCUT2D eigenvalue weighted by Crippen LogP contribution is -2.58. The van der Waals surface area contributed by atoms with Crippen LogP contribution in [0.5, 0.6) is 5.75 Å². The first-order chi connectivity index (χ1) is 35.1. The van der Waals surface area contributed by atoms with E-state index in [-0.39, 0.29) is 56.6 Å². The maximum Gasteiger partial charge on any atom is 0.355 e. The highest BCUT2D eigenvalue weighted by molar-refractivity contribution is 7.93. The van der Waals surface area contributed by atoms with Gasteiger partial charge in [-0.05, 0) is 60.2 Å². The molecular weight excluding hydrogens is 1000 g/mol. The maximum absolute atomic E-state index is 14.0. The number of benzene rings is 3. The highest BCUT2D eigenvalue weighted by Gasteiger charge is 2.44. The number of rotatable bonds is 19. The van der Waals surface area contributed by atoms with Gasteiger partial charge in [0.15, 0.2) is 0 Å². The number of anilines is 2. The number of ether oxygens (including phenoxy) is 3. The Balaban J connectivity index is 0.927. The molecule has 1 aliphatic heterocycles. The van der Waals surface area contributed by atoms with Gasteiger partial charge in [-0.25, -0.2) is 22.8 Å². The van der Waals surface area contributed by atoms with Crippen LogP contribution in [0.25, 0.3) is 32.6 Å². The Hall–Kier alpha value is -7.10. The van der Waals surface area contributed by atoms with Crippen molar-refractivity contribution in [1.82, 2.24) is 35.3 Å². The maximum atomic E-state index is 14.0. The predicted molar refractivity (Wildman–Crippen MR) is 273 cm³/mol. The number of carbonyl (C=O) groups excluding carboxylic acids is 3. The molecule has 7 rings (SSSR count). The summed E-state index contributed by atoms with van der Waals surface area (Å²) in [5, 5.41) is 21.3. The van der Waals surface area contributed by atoms with Crippen molar-refractivity contribution in [2.75, 3.05) is 43.4 Å². The van der Waals surface area contributed by atoms with E-state index in [9.17, 15) is 41.1 Å². The van der Waals surface area contributed by atoms with E-state index in [0.717, 1.165) is 21.7 Å². The summed E-state index contributed by atoms with van der Waals surface area (Å²) >= 11 is 1.55. The number of likely N-dealkylation sites (tertiary alicyclic amines) is 1. The summed E-state index contributed by atoms with van der Waals surface area (Å²) in [4.78, 5) is 51.6. The van der Waals surface area contributed by atoms with Gasteiger partial charge in [0.2, 0.25) is 17.7 Å². The third-order valence-electron chi connectivity index (χ3n) is 12.0. The second-order valence-electron chi connectivity index (χ2n) is 18.5. The number of halogens is 3. The first-order valence-corrected chi connectivity index (χ1v) is 25.7. The number of hydrogen-bond acceptors (Lipinski definition) is 14. The molecular formula is C51H56F3N9O9S2. The number of nitrogens with zero attached hydrogens (tertiary/aromatic N) is 5. The molecule has 0 bridgehead atoms. The summed E-state index contributed by atoms with van der Waals surface area (Å²) in [5.74, 6) is 0.181. The zero-order valence-electron chi connectivity index (χ0n) is 41.3. The van der Waals surface area contributed by atoms with Crippen LogP contribution >= 0.6 is 11.3 Å². The van der Waals surface area contributed by atoms with Crippen molar-refractivity contribution in [1.29, 1.82) is 0 Å². The summed E-state index contributed by atoms with van der Waals surface area (Å²) in [6.07, 6.45) is -0.193. The standard InChI is InChI=1S/C51H56F3N9O9S2/c1-29-45(73-28-58-29)33-11-9-31(10-12-33)24-57-48(66)39-23-37(64)26-63(39)49(67)46(51(3,4)5)59-41(65)27-71-21-20-70-19-7-8-35-25-56-47(55)42-43(60-62(6)44(35)42)34-15-18-38(61-74(68,69)50(53)54)40(22-34)72-30(2)32-13-16-36(52)17-14-32/h9-18,22,25,28,30,37,39,46,50,61,64H,19-21,23-24,26-27H2,1-6H3,(H2,55,56)(H,57,66)(H,59,65)/t30?,37-,39+,46?/m1/s1. The Bertz CT molecular complexity index is 3170. The number of aliphatic hydroxyl groups is 1. The minimum absolute atomic E-state index is 0.00687. The number of nitrogen functional groups attached to an aromatic ring is 1. The Morgan fingerprint density at radius 3 is 2.39 bits per heavy atom. The smallest absolute Gasteiger partial charge is 0.355 e. The molecule has 4 heterocycles. The number of sulfonamides is 1. The molecule has 1 saturated heterocycles. The SMILES string of the molecule is Cc1ncsc1-c1ccc(CNC(=O)[C@@H]2C[C@@H](O)CN2C(=O)C(NC(=O)COCCOCC#Cc2cnc(N)c3c(-c4ccc(NS(=O)(=O)C(F)F)c(OC(C)c5ccc(F)cc5)c4)nn(C)c23)C(C)(C)C)cc1. The molecule has 0 spiro atoms. The number of thiazole rings is 1. The molecule has 6 aromatic rings. The quantitative estimate of drug-likeness (QED) is 0.0457. The molecule has 1 aliphatic rings. The molecule has 4 atom stereocenters. The number of carbonyl (C=O) groups is 3. The molecule has 0 aliphatic carbocycles. The fraction of sp³-hybridized carbons (Fsp3) is 0.373. The van der Waals surface area contributed by atoms with Gasteiger partial charge >= 0.3 is 5.76 Å². The summed E-state index contributed by atoms with van der Waals surface area (Å²) in [6, 6.07) is 15.3. The minimum Gasteiger partial charge on any atom is -0.484 e. The van der Waals surface area contributed by atoms with Gasteiger partial charge in [0.25, 0.3) is 10.0 Å². The topological polar surface area (TPSA) is 242 Å². The lowest BCUT2D eigenvalue weighted by atomic mass is 9.85. The van der Waals surface area contributed by atoms with Crippen LogP contribution in [0.2, 0.25) is 0 Å². The average Bonchev–Trinajstić information content (AvgIpc) is 4.08. The fourth-order valence-corrected chi connectivity index (χ4v) is 9.57. The zero-order chi connectivity index (χ0) is 53.5. The summed E-state index contributed by atoms with van der Waals surface area (Å²) < 4.78 is 85.5. The van der Waals surface area contributed by atoms with Crippen molar-refractivity contribution in [3.8, 4) is 39.3 Å². The van der Waals surface area contributed by atoms with Crippen molar-refractivity contribution >= 4 is 61.5 Å². The summed E-state index contributed by atoms with van der Waals surface area (Å²) in [7, 11) is -3.44. The van der Waals surface area contributed by atoms with Crippen LogP contribution in [0.15, 0.2) is 78.4 Å². The zero-order valence-corrected chi connectivity index (χ0v) is 43.0. The average molecular weight is 1060 g/mol. The molecule has 3 aromatic carbocycles. The number of nitrogens with one attached hydrogen (secondary N) is 3. The highest BCUT2D eigenvalue weighted by atomic mass is 32.2. The minimum atomic E-state index is -5.09. The molecule has 392 valence electrons. The molecule has 0 radical (unpaired) electrons. The second-order valence-corrected chi connectivity index (χ2v) is 21.0. The number of nitrogens with two attached hydrogens (primary N) is 1. The number of amides is 3. The fourth-order valence-electron chi connectivity index (χ4n) is 8.19. The lowest BCUT2D eigenvalue weighted by molar-refractivity contribution is -0.144. The van der Waals surface area contributed by atoms with Gasteiger partial charge in [-0.2, -0.15) is 13.9 Å². The van der Waals surface area contributed by atoms with Crippen LogP contribution in [0.1, 0.15) is 62.6 Å². The van der Waals surface area contributed by atoms with Crippen LogP contribution in [-0.4, -0.2) is 113 Å². The third-order valence-corrected chi connectivity index (χ3v) is 13.9. The van der Waals surface area contributed by atoms with Crippen molar-refractivity contribution in [3.05, 3.63) is 107 Å². The van der Waals surface area contributed by atoms with Gasteiger partial charge in [0.05, 0.1) is 57.6 Å². The van der Waals surface area contributed by atoms with Crippen LogP contribution in [0, 0.1) is 30.0 Å². The summed E-state index contributed by atoms with van der Waals surface area (Å²) in [5.41, 5.74) is 12.0. The van der Waals surface area contributed by atoms with Gasteiger partial charge in [0, 0.05) is 38.3 Å². The van der Waals surface area contributed by atoms with Crippen molar-refractivity contribution < 1.29 is 55.3 Å². The van der Waals surface area contributed by atoms with E-state index in [2.05, 4.69) is 37.5 Å². The van der Waals surface area contributed by atoms with Gasteiger partial charge < -0.3 is 40.6 Å². The summed E-state index contributed by atoms with van der Waals surface area (Å²) in [6.45, 7) is 8.68. The van der Waals surface area contributed by atoms with Crippen LogP contribution < -0.4 is 25.8 Å². The Morgan fingerprint density at radius 2 is 1.72 bits per heavy atom. The number of aliphatic hydroxyl groups excluding tert-OH is 1. The van der Waals surface area contributed by atoms with Gasteiger partial charge in [0.1, 0.15) is 54.5 Å². The van der Waals surface area contributed by atoms with E-state index >= 15 is 0 Å². The number of hydrogen-bond donors (Lipinski definition) is 5. The molecule has 2 unspecified atom stereocenters.